The quantitative estimate of drug-likeness (QED) is 0.680. The van der Waals surface area contributed by atoms with E-state index in [1.807, 2.05) is 0 Å². The van der Waals surface area contributed by atoms with E-state index in [1.54, 1.807) is 11.1 Å². The number of aromatic nitrogens is 1. The van der Waals surface area contributed by atoms with Crippen LogP contribution in [-0.2, 0) is 19.9 Å². The Balaban J connectivity index is 1.74. The van der Waals surface area contributed by atoms with Gasteiger partial charge in [-0.2, -0.15) is 0 Å². The van der Waals surface area contributed by atoms with Crippen molar-refractivity contribution in [1.29, 1.82) is 0 Å². The molecule has 114 valence electrons. The largest absolute Gasteiger partial charge is 0.212 e. The smallest absolute Gasteiger partial charge is 0.201 e. The topological polar surface area (TPSA) is 3.88 Å². The van der Waals surface area contributed by atoms with Crippen molar-refractivity contribution in [2.24, 2.45) is 12.5 Å². The van der Waals surface area contributed by atoms with Gasteiger partial charge in [0.05, 0.1) is 0 Å². The second kappa shape index (κ2) is 5.22. The first-order valence-electron chi connectivity index (χ1n) is 8.74. The summed E-state index contributed by atoms with van der Waals surface area (Å²) in [7, 11) is 2.14. The number of hydrogen-bond donors (Lipinski definition) is 0. The lowest BCUT2D eigenvalue weighted by atomic mass is 9.72. The predicted molar refractivity (Wildman–Crippen MR) is 90.7 cm³/mol. The Labute approximate surface area is 134 Å². The second-order valence-corrected chi connectivity index (χ2v) is 7.55. The van der Waals surface area contributed by atoms with E-state index in [0.29, 0.717) is 5.41 Å². The molecule has 1 fully saturated rings. The van der Waals surface area contributed by atoms with Crippen LogP contribution >= 0.6 is 0 Å². The van der Waals surface area contributed by atoms with Gasteiger partial charge in [-0.3, -0.25) is 0 Å². The first-order valence-corrected chi connectivity index (χ1v) is 8.74. The summed E-state index contributed by atoms with van der Waals surface area (Å²) >= 11 is 0. The van der Waals surface area contributed by atoms with Gasteiger partial charge in [0.2, 0.25) is 5.69 Å². The van der Waals surface area contributed by atoms with Gasteiger partial charge in [0.15, 0.2) is 6.20 Å². The molecule has 0 bridgehead atoms. The molecular formula is C21H26N+. The molecular weight excluding hydrogens is 266 g/mol. The average Bonchev–Trinajstić information content (AvgIpc) is 2.84. The highest BCUT2D eigenvalue weighted by Crippen LogP contribution is 2.48. The van der Waals surface area contributed by atoms with Crippen LogP contribution in [0.2, 0.25) is 0 Å². The van der Waals surface area contributed by atoms with Crippen molar-refractivity contribution in [3.63, 3.8) is 0 Å². The number of rotatable bonds is 1. The molecule has 0 unspecified atom stereocenters. The van der Waals surface area contributed by atoms with Crippen LogP contribution < -0.4 is 4.57 Å². The Morgan fingerprint density at radius 2 is 1.68 bits per heavy atom. The van der Waals surface area contributed by atoms with Crippen LogP contribution in [-0.4, -0.2) is 0 Å². The summed E-state index contributed by atoms with van der Waals surface area (Å²) in [6, 6.07) is 11.4. The minimum Gasteiger partial charge on any atom is -0.201 e. The van der Waals surface area contributed by atoms with Crippen molar-refractivity contribution in [3.8, 4) is 11.3 Å². The van der Waals surface area contributed by atoms with Gasteiger partial charge in [-0.25, -0.2) is 4.57 Å². The molecule has 1 saturated carbocycles. The second-order valence-electron chi connectivity index (χ2n) is 7.55. The molecule has 0 radical (unpaired) electrons. The van der Waals surface area contributed by atoms with Gasteiger partial charge in [0.1, 0.15) is 7.05 Å². The Kier molecular flexibility index (Phi) is 3.32. The summed E-state index contributed by atoms with van der Waals surface area (Å²) in [6.07, 6.45) is 12.0. The molecule has 2 aliphatic carbocycles. The summed E-state index contributed by atoms with van der Waals surface area (Å²) in [5, 5.41) is 0. The highest BCUT2D eigenvalue weighted by Gasteiger charge is 2.38. The first-order chi connectivity index (χ1) is 10.7. The van der Waals surface area contributed by atoms with Crippen molar-refractivity contribution in [3.05, 3.63) is 53.2 Å². The van der Waals surface area contributed by atoms with Gasteiger partial charge in [-0.1, -0.05) is 25.3 Å². The van der Waals surface area contributed by atoms with E-state index in [-0.39, 0.29) is 0 Å². The monoisotopic (exact) mass is 292 g/mol. The van der Waals surface area contributed by atoms with Crippen molar-refractivity contribution in [2.45, 2.75) is 51.9 Å². The van der Waals surface area contributed by atoms with Crippen molar-refractivity contribution >= 4 is 0 Å². The summed E-state index contributed by atoms with van der Waals surface area (Å²) in [4.78, 5) is 0. The minimum absolute atomic E-state index is 0.602. The fourth-order valence-corrected chi connectivity index (χ4v) is 4.75. The van der Waals surface area contributed by atoms with Gasteiger partial charge in [0.25, 0.3) is 0 Å². The number of nitrogens with zero attached hydrogens (tertiary/aromatic N) is 1. The van der Waals surface area contributed by atoms with Gasteiger partial charge in [0, 0.05) is 17.7 Å². The first kappa shape index (κ1) is 14.0. The van der Waals surface area contributed by atoms with E-state index in [1.165, 1.54) is 61.8 Å². The lowest BCUT2D eigenvalue weighted by molar-refractivity contribution is -0.660. The molecule has 1 spiro atoms. The average molecular weight is 292 g/mol. The van der Waals surface area contributed by atoms with Crippen LogP contribution in [0.3, 0.4) is 0 Å². The normalized spacial score (nSPS) is 19.4. The molecule has 1 heterocycles. The summed E-state index contributed by atoms with van der Waals surface area (Å²) < 4.78 is 2.24. The zero-order valence-electron chi connectivity index (χ0n) is 13.9. The van der Waals surface area contributed by atoms with Crippen LogP contribution in [0.25, 0.3) is 11.3 Å². The lowest BCUT2D eigenvalue weighted by Gasteiger charge is -2.33. The van der Waals surface area contributed by atoms with Crippen LogP contribution in [0.5, 0.6) is 0 Å². The predicted octanol–water partition coefficient (Wildman–Crippen LogP) is 4.54. The van der Waals surface area contributed by atoms with Gasteiger partial charge < -0.3 is 0 Å². The molecule has 0 aliphatic heterocycles. The fourth-order valence-electron chi connectivity index (χ4n) is 4.75. The van der Waals surface area contributed by atoms with E-state index in [2.05, 4.69) is 55.1 Å². The summed E-state index contributed by atoms with van der Waals surface area (Å²) in [5.41, 5.74) is 8.01. The van der Waals surface area contributed by atoms with Crippen LogP contribution in [0.4, 0.5) is 0 Å². The molecule has 22 heavy (non-hydrogen) atoms. The zero-order chi connectivity index (χ0) is 15.2. The molecule has 2 aromatic rings. The Bertz CT molecular complexity index is 708. The van der Waals surface area contributed by atoms with E-state index in [9.17, 15) is 0 Å². The number of benzene rings is 1. The number of pyridine rings is 1. The van der Waals surface area contributed by atoms with Crippen LogP contribution in [0.1, 0.15) is 48.8 Å². The maximum absolute atomic E-state index is 2.49. The maximum Gasteiger partial charge on any atom is 0.212 e. The van der Waals surface area contributed by atoms with Gasteiger partial charge in [-0.15, -0.1) is 0 Å². The molecule has 4 rings (SSSR count). The third-order valence-electron chi connectivity index (χ3n) is 5.92. The third kappa shape index (κ3) is 2.27. The highest BCUT2D eigenvalue weighted by atomic mass is 14.9. The Morgan fingerprint density at radius 3 is 2.41 bits per heavy atom. The Morgan fingerprint density at radius 1 is 0.955 bits per heavy atom. The van der Waals surface area contributed by atoms with E-state index in [0.717, 1.165) is 0 Å². The SMILES string of the molecule is Cc1cc2c(cc1-c1cccc[n+]1C)CC1(CCCCC1)C2. The molecule has 1 aromatic heterocycles. The molecule has 0 N–H and O–H groups in total. The molecule has 0 amide bonds. The van der Waals surface area contributed by atoms with E-state index < -0.39 is 0 Å². The van der Waals surface area contributed by atoms with E-state index in [4.69, 9.17) is 0 Å². The fraction of sp³-hybridized carbons (Fsp3) is 0.476. The number of fused-ring (bicyclic) bond motifs is 1. The lowest BCUT2D eigenvalue weighted by Crippen LogP contribution is -2.30. The minimum atomic E-state index is 0.602. The molecule has 1 aromatic carbocycles. The third-order valence-corrected chi connectivity index (χ3v) is 5.92. The van der Waals surface area contributed by atoms with Gasteiger partial charge in [-0.05, 0) is 66.8 Å². The molecule has 0 saturated heterocycles. The Hall–Kier alpha value is -1.63. The molecule has 0 atom stereocenters. The molecule has 1 heteroatoms. The molecule has 2 aliphatic rings. The van der Waals surface area contributed by atoms with Crippen molar-refractivity contribution < 1.29 is 4.57 Å². The van der Waals surface area contributed by atoms with Crippen LogP contribution in [0.15, 0.2) is 36.5 Å². The summed E-state index contributed by atoms with van der Waals surface area (Å²) in [6.45, 7) is 2.27. The molecule has 1 nitrogen and oxygen atoms in total. The summed E-state index contributed by atoms with van der Waals surface area (Å²) in [5.74, 6) is 0. The van der Waals surface area contributed by atoms with Crippen molar-refractivity contribution in [2.75, 3.05) is 0 Å². The van der Waals surface area contributed by atoms with Gasteiger partial charge >= 0.3 is 0 Å². The van der Waals surface area contributed by atoms with E-state index >= 15 is 0 Å². The highest BCUT2D eigenvalue weighted by molar-refractivity contribution is 5.64. The standard InChI is InChI=1S/C21H26N/c1-16-12-17-14-21(9-5-3-6-10-21)15-18(17)13-19(16)20-8-4-7-11-22(20)2/h4,7-8,11-13H,3,5-6,9-10,14-15H2,1-2H3/q+1. The zero-order valence-corrected chi connectivity index (χ0v) is 13.9. The maximum atomic E-state index is 2.49. The van der Waals surface area contributed by atoms with Crippen LogP contribution in [0, 0.1) is 12.3 Å². The van der Waals surface area contributed by atoms with Crippen molar-refractivity contribution in [1.82, 2.24) is 0 Å². The number of hydrogen-bond acceptors (Lipinski definition) is 0. The number of aryl methyl sites for hydroxylation is 2.